The minimum Gasteiger partial charge on any atom is -0.102 e. The highest BCUT2D eigenvalue weighted by Gasteiger charge is 1.87. The van der Waals surface area contributed by atoms with Crippen molar-refractivity contribution in [1.29, 1.82) is 0 Å². The largest absolute Gasteiger partial charge is 0.102 e. The maximum atomic E-state index is 3.03. The normalized spacial score (nSPS) is 15.1. The van der Waals surface area contributed by atoms with Crippen LogP contribution in [-0.2, 0) is 0 Å². The molecule has 0 radical (unpaired) electrons. The zero-order chi connectivity index (χ0) is 7.23. The molecule has 0 unspecified atom stereocenters. The molecule has 50 valence electrons. The molecule has 0 N–H and O–H groups in total. The number of hydrogen-bond acceptors (Lipinski definition) is 0. The average molecular weight is 130 g/mol. The fourth-order valence-electron chi connectivity index (χ4n) is 0.831. The Kier molecular flexibility index (Phi) is 2.58. The first-order chi connectivity index (χ1) is 4.93. The molecule has 0 aromatic heterocycles. The molecule has 1 aliphatic carbocycles. The van der Waals surface area contributed by atoms with Gasteiger partial charge >= 0.3 is 0 Å². The molecule has 0 nitrogen and oxygen atoms in total. The minimum atomic E-state index is 0.966. The molecule has 0 aliphatic heterocycles. The van der Waals surface area contributed by atoms with Crippen LogP contribution in [0.4, 0.5) is 0 Å². The fraction of sp³-hybridized carbons (Fsp3) is 0.200. The van der Waals surface area contributed by atoms with Gasteiger partial charge in [0.05, 0.1) is 0 Å². The van der Waals surface area contributed by atoms with Crippen LogP contribution in [0.1, 0.15) is 13.3 Å². The summed E-state index contributed by atoms with van der Waals surface area (Å²) >= 11 is 0. The smallest absolute Gasteiger partial charge is 0.00579 e. The molecule has 0 atom stereocenters. The Bertz CT molecular complexity index is 241. The molecule has 0 saturated carbocycles. The van der Waals surface area contributed by atoms with Crippen LogP contribution in [0.3, 0.4) is 0 Å². The first-order valence-corrected chi connectivity index (χ1v) is 3.38. The average Bonchev–Trinajstić information content (AvgIpc) is 2.17. The van der Waals surface area contributed by atoms with E-state index in [0.29, 0.717) is 0 Å². The molecule has 10 heavy (non-hydrogen) atoms. The van der Waals surface area contributed by atoms with Gasteiger partial charge in [0.2, 0.25) is 0 Å². The first kappa shape index (κ1) is 6.89. The second kappa shape index (κ2) is 3.74. The van der Waals surface area contributed by atoms with Gasteiger partial charge in [0.25, 0.3) is 0 Å². The lowest BCUT2D eigenvalue weighted by Crippen LogP contribution is -1.72. The second-order valence-electron chi connectivity index (χ2n) is 2.08. The van der Waals surface area contributed by atoms with Crippen LogP contribution in [0, 0.1) is 11.8 Å². The molecule has 0 heterocycles. The van der Waals surface area contributed by atoms with E-state index in [1.54, 1.807) is 0 Å². The van der Waals surface area contributed by atoms with Crippen LogP contribution >= 0.6 is 0 Å². The van der Waals surface area contributed by atoms with E-state index < -0.39 is 0 Å². The van der Waals surface area contributed by atoms with Gasteiger partial charge in [-0.25, -0.2) is 0 Å². The van der Waals surface area contributed by atoms with Crippen LogP contribution in [0.15, 0.2) is 36.0 Å². The van der Waals surface area contributed by atoms with Gasteiger partial charge in [0.1, 0.15) is 0 Å². The molecule has 0 fully saturated rings. The molecule has 0 heteroatoms. The highest BCUT2D eigenvalue weighted by molar-refractivity contribution is 5.35. The molecule has 0 spiro atoms. The van der Waals surface area contributed by atoms with Crippen molar-refractivity contribution in [1.82, 2.24) is 0 Å². The van der Waals surface area contributed by atoms with Gasteiger partial charge in [-0.05, 0) is 13.3 Å². The van der Waals surface area contributed by atoms with Crippen LogP contribution in [0.5, 0.6) is 0 Å². The Morgan fingerprint density at radius 2 is 2.20 bits per heavy atom. The Hall–Kier alpha value is -1.22. The summed E-state index contributed by atoms with van der Waals surface area (Å²) in [5, 5.41) is 0. The molecule has 1 rings (SSSR count). The van der Waals surface area contributed by atoms with E-state index in [2.05, 4.69) is 24.0 Å². The van der Waals surface area contributed by atoms with Crippen molar-refractivity contribution in [2.75, 3.05) is 0 Å². The molecule has 1 aliphatic rings. The number of rotatable bonds is 0. The Morgan fingerprint density at radius 1 is 1.30 bits per heavy atom. The van der Waals surface area contributed by atoms with Crippen molar-refractivity contribution in [2.45, 2.75) is 13.3 Å². The van der Waals surface area contributed by atoms with Gasteiger partial charge in [0.15, 0.2) is 0 Å². The quantitative estimate of drug-likeness (QED) is 0.442. The van der Waals surface area contributed by atoms with Gasteiger partial charge < -0.3 is 0 Å². The summed E-state index contributed by atoms with van der Waals surface area (Å²) in [6, 6.07) is 0. The zero-order valence-corrected chi connectivity index (χ0v) is 6.09. The van der Waals surface area contributed by atoms with Crippen LogP contribution < -0.4 is 0 Å². The lowest BCUT2D eigenvalue weighted by molar-refractivity contribution is 1.32. The van der Waals surface area contributed by atoms with Crippen molar-refractivity contribution in [3.05, 3.63) is 36.0 Å². The van der Waals surface area contributed by atoms with Gasteiger partial charge in [-0.3, -0.25) is 0 Å². The highest BCUT2D eigenvalue weighted by Crippen LogP contribution is 2.04. The van der Waals surface area contributed by atoms with Crippen molar-refractivity contribution < 1.29 is 0 Å². The summed E-state index contributed by atoms with van der Waals surface area (Å²) < 4.78 is 0. The molecule has 0 saturated heterocycles. The van der Waals surface area contributed by atoms with Crippen LogP contribution in [-0.4, -0.2) is 0 Å². The second-order valence-corrected chi connectivity index (χ2v) is 2.08. The minimum absolute atomic E-state index is 0.966. The van der Waals surface area contributed by atoms with E-state index in [9.17, 15) is 0 Å². The summed E-state index contributed by atoms with van der Waals surface area (Å²) in [5.41, 5.74) is 1.19. The third-order valence-electron chi connectivity index (χ3n) is 1.28. The molecule has 0 bridgehead atoms. The highest BCUT2D eigenvalue weighted by atomic mass is 13.9. The molecular formula is C10H10. The molecule has 0 aromatic carbocycles. The van der Waals surface area contributed by atoms with Crippen molar-refractivity contribution in [2.24, 2.45) is 0 Å². The maximum Gasteiger partial charge on any atom is 0.00579 e. The van der Waals surface area contributed by atoms with Gasteiger partial charge in [-0.2, -0.15) is 0 Å². The summed E-state index contributed by atoms with van der Waals surface area (Å²) in [6.07, 6.45) is 11.2. The Balaban J connectivity index is 2.74. The monoisotopic (exact) mass is 130 g/mol. The van der Waals surface area contributed by atoms with Crippen molar-refractivity contribution in [3.63, 3.8) is 0 Å². The lowest BCUT2D eigenvalue weighted by atomic mass is 10.2. The third kappa shape index (κ3) is 1.95. The van der Waals surface area contributed by atoms with Gasteiger partial charge in [-0.15, -0.1) is 5.92 Å². The van der Waals surface area contributed by atoms with E-state index in [4.69, 9.17) is 0 Å². The third-order valence-corrected chi connectivity index (χ3v) is 1.28. The summed E-state index contributed by atoms with van der Waals surface area (Å²) in [5.74, 6) is 5.91. The predicted molar refractivity (Wildman–Crippen MR) is 44.4 cm³/mol. The van der Waals surface area contributed by atoms with Crippen molar-refractivity contribution in [3.8, 4) is 11.8 Å². The summed E-state index contributed by atoms with van der Waals surface area (Å²) in [7, 11) is 0. The molecule has 0 aromatic rings. The number of hydrogen-bond donors (Lipinski definition) is 0. The number of allylic oxidation sites excluding steroid dienone is 6. The van der Waals surface area contributed by atoms with E-state index in [1.807, 2.05) is 25.2 Å². The van der Waals surface area contributed by atoms with Crippen LogP contribution in [0.25, 0.3) is 0 Å². The predicted octanol–water partition coefficient (Wildman–Crippen LogP) is 2.45. The Labute approximate surface area is 61.9 Å². The summed E-state index contributed by atoms with van der Waals surface area (Å²) in [4.78, 5) is 0. The van der Waals surface area contributed by atoms with E-state index in [-0.39, 0.29) is 0 Å². The summed E-state index contributed by atoms with van der Waals surface area (Å²) in [6.45, 7) is 1.86. The fourth-order valence-corrected chi connectivity index (χ4v) is 0.831. The topological polar surface area (TPSA) is 0 Å². The first-order valence-electron chi connectivity index (χ1n) is 3.38. The lowest BCUT2D eigenvalue weighted by Gasteiger charge is -1.87. The SMILES string of the molecule is CC#CC1=CC=CC=CC1. The van der Waals surface area contributed by atoms with Gasteiger partial charge in [-0.1, -0.05) is 36.3 Å². The van der Waals surface area contributed by atoms with E-state index in [1.165, 1.54) is 5.57 Å². The van der Waals surface area contributed by atoms with E-state index in [0.717, 1.165) is 6.42 Å². The van der Waals surface area contributed by atoms with Crippen LogP contribution in [0.2, 0.25) is 0 Å². The van der Waals surface area contributed by atoms with Crippen molar-refractivity contribution >= 4 is 0 Å². The standard InChI is InChI=1S/C10H10/c1-2-7-10-8-5-3-4-6-9-10/h3-6,8H,9H2,1H3. The molecule has 0 amide bonds. The Morgan fingerprint density at radius 3 is 3.00 bits per heavy atom. The molecular weight excluding hydrogens is 120 g/mol. The zero-order valence-electron chi connectivity index (χ0n) is 6.09. The maximum absolute atomic E-state index is 3.03. The van der Waals surface area contributed by atoms with Gasteiger partial charge in [0, 0.05) is 5.57 Å². The van der Waals surface area contributed by atoms with E-state index >= 15 is 0 Å².